The van der Waals surface area contributed by atoms with Crippen molar-refractivity contribution < 1.29 is 9.59 Å². The first kappa shape index (κ1) is 18.0. The third kappa shape index (κ3) is 4.12. The Hall–Kier alpha value is -2.39. The van der Waals surface area contributed by atoms with Crippen LogP contribution in [0.4, 0.5) is 0 Å². The number of hydrogen-bond donors (Lipinski definition) is 0. The lowest BCUT2D eigenvalue weighted by Gasteiger charge is -2.22. The molecule has 0 atom stereocenters. The second kappa shape index (κ2) is 7.93. The zero-order valence-electron chi connectivity index (χ0n) is 13.9. The average molecular weight is 342 g/mol. The fourth-order valence-electron chi connectivity index (χ4n) is 2.45. The van der Waals surface area contributed by atoms with Crippen molar-refractivity contribution in [3.63, 3.8) is 0 Å². The maximum absolute atomic E-state index is 12.8. The van der Waals surface area contributed by atoms with Crippen molar-refractivity contribution in [1.29, 1.82) is 0 Å². The van der Waals surface area contributed by atoms with Gasteiger partial charge < -0.3 is 4.90 Å². The second-order valence-electron chi connectivity index (χ2n) is 5.66. The van der Waals surface area contributed by atoms with Gasteiger partial charge in [-0.2, -0.15) is 0 Å². The van der Waals surface area contributed by atoms with Crippen LogP contribution < -0.4 is 0 Å². The van der Waals surface area contributed by atoms with Gasteiger partial charge in [0.1, 0.15) is 0 Å². The van der Waals surface area contributed by atoms with Crippen LogP contribution in [0.3, 0.4) is 0 Å². The van der Waals surface area contributed by atoms with Crippen LogP contribution in [0.2, 0.25) is 5.02 Å². The van der Waals surface area contributed by atoms with E-state index < -0.39 is 0 Å². The van der Waals surface area contributed by atoms with Gasteiger partial charge in [-0.05, 0) is 44.2 Å². The van der Waals surface area contributed by atoms with Gasteiger partial charge in [-0.25, -0.2) is 0 Å². The number of carbonyl (C=O) groups excluding carboxylic acids is 2. The van der Waals surface area contributed by atoms with Gasteiger partial charge in [0.2, 0.25) is 0 Å². The lowest BCUT2D eigenvalue weighted by atomic mass is 9.97. The van der Waals surface area contributed by atoms with E-state index in [1.807, 2.05) is 13.8 Å². The predicted molar refractivity (Wildman–Crippen MR) is 97.7 cm³/mol. The van der Waals surface area contributed by atoms with Crippen molar-refractivity contribution in [2.45, 2.75) is 13.8 Å². The Balaban J connectivity index is 2.39. The molecule has 3 nitrogen and oxygen atoms in total. The maximum Gasteiger partial charge on any atom is 0.254 e. The van der Waals surface area contributed by atoms with Gasteiger partial charge in [-0.3, -0.25) is 9.59 Å². The van der Waals surface area contributed by atoms with Crippen molar-refractivity contribution in [3.05, 3.63) is 82.4 Å². The normalized spacial score (nSPS) is 10.3. The highest BCUT2D eigenvalue weighted by Gasteiger charge is 2.21. The van der Waals surface area contributed by atoms with Gasteiger partial charge in [0.05, 0.1) is 5.56 Å². The van der Waals surface area contributed by atoms with E-state index in [0.29, 0.717) is 34.8 Å². The molecule has 2 aromatic carbocycles. The van der Waals surface area contributed by atoms with Crippen LogP contribution in [0.15, 0.2) is 60.7 Å². The molecule has 2 aromatic rings. The summed E-state index contributed by atoms with van der Waals surface area (Å²) in [7, 11) is 0. The summed E-state index contributed by atoms with van der Waals surface area (Å²) in [5.74, 6) is -0.361. The highest BCUT2D eigenvalue weighted by atomic mass is 35.5. The summed E-state index contributed by atoms with van der Waals surface area (Å²) in [4.78, 5) is 27.3. The largest absolute Gasteiger partial charge is 0.335 e. The van der Waals surface area contributed by atoms with E-state index >= 15 is 0 Å². The Morgan fingerprint density at radius 1 is 1.04 bits per heavy atom. The van der Waals surface area contributed by atoms with E-state index in [0.717, 1.165) is 5.57 Å². The molecule has 0 aliphatic rings. The molecule has 0 heterocycles. The molecule has 0 fully saturated rings. The van der Waals surface area contributed by atoms with Crippen molar-refractivity contribution in [2.75, 3.05) is 13.1 Å². The molecule has 24 heavy (non-hydrogen) atoms. The van der Waals surface area contributed by atoms with Gasteiger partial charge in [-0.1, -0.05) is 42.0 Å². The van der Waals surface area contributed by atoms with E-state index in [-0.39, 0.29) is 11.7 Å². The van der Waals surface area contributed by atoms with Crippen LogP contribution in [0.25, 0.3) is 0 Å². The number of rotatable bonds is 6. The molecule has 2 rings (SSSR count). The number of hydrogen-bond acceptors (Lipinski definition) is 2. The summed E-state index contributed by atoms with van der Waals surface area (Å²) >= 11 is 5.87. The Kier molecular flexibility index (Phi) is 5.93. The molecule has 0 saturated heterocycles. The highest BCUT2D eigenvalue weighted by molar-refractivity contribution is 6.30. The van der Waals surface area contributed by atoms with Crippen LogP contribution >= 0.6 is 11.6 Å². The van der Waals surface area contributed by atoms with Crippen LogP contribution in [0.1, 0.15) is 40.1 Å². The van der Waals surface area contributed by atoms with E-state index in [9.17, 15) is 9.59 Å². The van der Waals surface area contributed by atoms with Crippen LogP contribution in [-0.2, 0) is 0 Å². The Bertz CT molecular complexity index is 765. The molecule has 4 heteroatoms. The van der Waals surface area contributed by atoms with E-state index in [1.165, 1.54) is 0 Å². The standard InChI is InChI=1S/C20H20ClNO2/c1-4-22(13-14(2)3)20(24)18-8-6-5-7-17(18)19(23)15-9-11-16(21)12-10-15/h5-12H,2,4,13H2,1,3H3. The molecule has 0 radical (unpaired) electrons. The fourth-order valence-corrected chi connectivity index (χ4v) is 2.57. The summed E-state index contributed by atoms with van der Waals surface area (Å²) in [5, 5.41) is 0.564. The SMILES string of the molecule is C=C(C)CN(CC)C(=O)c1ccccc1C(=O)c1ccc(Cl)cc1. The first-order valence-corrected chi connectivity index (χ1v) is 8.14. The zero-order chi connectivity index (χ0) is 17.7. The van der Waals surface area contributed by atoms with Gasteiger partial charge in [0, 0.05) is 29.2 Å². The maximum atomic E-state index is 12.8. The molecule has 124 valence electrons. The van der Waals surface area contributed by atoms with Crippen molar-refractivity contribution >= 4 is 23.3 Å². The second-order valence-corrected chi connectivity index (χ2v) is 6.09. The molecule has 0 aliphatic heterocycles. The number of amides is 1. The lowest BCUT2D eigenvalue weighted by Crippen LogP contribution is -2.33. The number of carbonyl (C=O) groups is 2. The van der Waals surface area contributed by atoms with E-state index in [1.54, 1.807) is 53.4 Å². The molecule has 0 bridgehead atoms. The number of benzene rings is 2. The van der Waals surface area contributed by atoms with E-state index in [2.05, 4.69) is 6.58 Å². The lowest BCUT2D eigenvalue weighted by molar-refractivity contribution is 0.0773. The number of nitrogens with zero attached hydrogens (tertiary/aromatic N) is 1. The zero-order valence-corrected chi connectivity index (χ0v) is 14.6. The summed E-state index contributed by atoms with van der Waals surface area (Å²) in [6, 6.07) is 13.5. The van der Waals surface area contributed by atoms with Gasteiger partial charge >= 0.3 is 0 Å². The molecule has 1 amide bonds. The first-order valence-electron chi connectivity index (χ1n) is 7.77. The van der Waals surface area contributed by atoms with Crippen LogP contribution in [0, 0.1) is 0 Å². The molecule has 0 N–H and O–H groups in total. The van der Waals surface area contributed by atoms with Crippen molar-refractivity contribution in [3.8, 4) is 0 Å². The average Bonchev–Trinajstić information content (AvgIpc) is 2.59. The first-order chi connectivity index (χ1) is 11.4. The van der Waals surface area contributed by atoms with Crippen molar-refractivity contribution in [1.82, 2.24) is 4.90 Å². The minimum atomic E-state index is -0.193. The summed E-state index contributed by atoms with van der Waals surface area (Å²) < 4.78 is 0. The van der Waals surface area contributed by atoms with Crippen LogP contribution in [-0.4, -0.2) is 29.7 Å². The quantitative estimate of drug-likeness (QED) is 0.568. The van der Waals surface area contributed by atoms with Gasteiger partial charge in [0.15, 0.2) is 5.78 Å². The number of ketones is 1. The Labute approximate surface area is 147 Å². The summed E-state index contributed by atoms with van der Waals surface area (Å²) in [6.07, 6.45) is 0. The smallest absolute Gasteiger partial charge is 0.254 e. The summed E-state index contributed by atoms with van der Waals surface area (Å²) in [6.45, 7) is 8.66. The Morgan fingerprint density at radius 3 is 2.17 bits per heavy atom. The van der Waals surface area contributed by atoms with E-state index in [4.69, 9.17) is 11.6 Å². The van der Waals surface area contributed by atoms with Gasteiger partial charge in [0.25, 0.3) is 5.91 Å². The minimum Gasteiger partial charge on any atom is -0.335 e. The van der Waals surface area contributed by atoms with Crippen LogP contribution in [0.5, 0.6) is 0 Å². The molecule has 0 aromatic heterocycles. The number of likely N-dealkylation sites (N-methyl/N-ethyl adjacent to an activating group) is 1. The number of halogens is 1. The molecular weight excluding hydrogens is 322 g/mol. The topological polar surface area (TPSA) is 37.4 Å². The van der Waals surface area contributed by atoms with Gasteiger partial charge in [-0.15, -0.1) is 0 Å². The summed E-state index contributed by atoms with van der Waals surface area (Å²) in [5.41, 5.74) is 2.19. The molecular formula is C20H20ClNO2. The molecule has 0 aliphatic carbocycles. The molecule has 0 unspecified atom stereocenters. The Morgan fingerprint density at radius 2 is 1.62 bits per heavy atom. The third-order valence-corrected chi connectivity index (χ3v) is 3.89. The monoisotopic (exact) mass is 341 g/mol. The fraction of sp³-hybridized carbons (Fsp3) is 0.200. The molecule has 0 spiro atoms. The molecule has 0 saturated carbocycles. The van der Waals surface area contributed by atoms with Crippen molar-refractivity contribution in [2.24, 2.45) is 0 Å². The minimum absolute atomic E-state index is 0.168. The predicted octanol–water partition coefficient (Wildman–Crippen LogP) is 4.61. The highest BCUT2D eigenvalue weighted by Crippen LogP contribution is 2.18. The third-order valence-electron chi connectivity index (χ3n) is 3.64.